The van der Waals surface area contributed by atoms with Crippen LogP contribution in [-0.2, 0) is 6.42 Å². The minimum Gasteiger partial charge on any atom is -0.366 e. The maximum Gasteiger partial charge on any atom is 0.128 e. The normalized spacial score (nSPS) is 20.2. The van der Waals surface area contributed by atoms with Crippen molar-refractivity contribution in [3.8, 4) is 0 Å². The van der Waals surface area contributed by atoms with E-state index < -0.39 is 0 Å². The van der Waals surface area contributed by atoms with Crippen LogP contribution in [0.15, 0.2) is 18.2 Å². The molecule has 1 heterocycles. The molecule has 0 amide bonds. The van der Waals surface area contributed by atoms with Crippen molar-refractivity contribution >= 4 is 5.69 Å². The zero-order valence-corrected chi connectivity index (χ0v) is 11.5. The Balaban J connectivity index is 2.41. The SMILES string of the molecule is CC(N)Cc1c(F)cccc1N1CCCC1(C)C. The maximum absolute atomic E-state index is 14.0. The summed E-state index contributed by atoms with van der Waals surface area (Å²) in [6.07, 6.45) is 2.91. The molecule has 0 aromatic heterocycles. The zero-order chi connectivity index (χ0) is 13.3. The summed E-state index contributed by atoms with van der Waals surface area (Å²) in [6, 6.07) is 5.33. The van der Waals surface area contributed by atoms with Gasteiger partial charge in [-0.15, -0.1) is 0 Å². The lowest BCUT2D eigenvalue weighted by molar-refractivity contribution is 0.513. The average molecular weight is 250 g/mol. The molecule has 0 radical (unpaired) electrons. The smallest absolute Gasteiger partial charge is 0.128 e. The Hall–Kier alpha value is -1.09. The number of anilines is 1. The van der Waals surface area contributed by atoms with Crippen molar-refractivity contribution < 1.29 is 4.39 Å². The molecule has 2 rings (SSSR count). The van der Waals surface area contributed by atoms with Crippen LogP contribution in [0.4, 0.5) is 10.1 Å². The third-order valence-corrected chi connectivity index (χ3v) is 3.81. The van der Waals surface area contributed by atoms with Crippen LogP contribution in [-0.4, -0.2) is 18.1 Å². The van der Waals surface area contributed by atoms with E-state index in [-0.39, 0.29) is 17.4 Å². The number of rotatable bonds is 3. The van der Waals surface area contributed by atoms with Gasteiger partial charge in [0.05, 0.1) is 0 Å². The minimum atomic E-state index is -0.132. The average Bonchev–Trinajstić information content (AvgIpc) is 2.61. The first kappa shape index (κ1) is 13.3. The molecule has 1 aliphatic rings. The van der Waals surface area contributed by atoms with Crippen molar-refractivity contribution in [3.05, 3.63) is 29.6 Å². The molecule has 2 N–H and O–H groups in total. The summed E-state index contributed by atoms with van der Waals surface area (Å²) in [5, 5.41) is 0. The molecule has 3 heteroatoms. The summed E-state index contributed by atoms with van der Waals surface area (Å²) in [6.45, 7) is 7.37. The second-order valence-electron chi connectivity index (χ2n) is 5.99. The number of halogens is 1. The molecule has 1 aromatic carbocycles. The molecule has 0 spiro atoms. The van der Waals surface area contributed by atoms with Gasteiger partial charge in [-0.2, -0.15) is 0 Å². The van der Waals surface area contributed by atoms with E-state index in [9.17, 15) is 4.39 Å². The molecule has 1 unspecified atom stereocenters. The first-order chi connectivity index (χ1) is 8.42. The van der Waals surface area contributed by atoms with E-state index in [4.69, 9.17) is 5.73 Å². The van der Waals surface area contributed by atoms with Crippen molar-refractivity contribution in [1.82, 2.24) is 0 Å². The highest BCUT2D eigenvalue weighted by atomic mass is 19.1. The molecule has 18 heavy (non-hydrogen) atoms. The monoisotopic (exact) mass is 250 g/mol. The minimum absolute atomic E-state index is 0.0219. The quantitative estimate of drug-likeness (QED) is 0.893. The Morgan fingerprint density at radius 1 is 1.44 bits per heavy atom. The molecule has 1 atom stereocenters. The van der Waals surface area contributed by atoms with E-state index in [0.29, 0.717) is 6.42 Å². The van der Waals surface area contributed by atoms with Crippen LogP contribution < -0.4 is 10.6 Å². The highest BCUT2D eigenvalue weighted by molar-refractivity contribution is 5.57. The molecule has 1 saturated heterocycles. The van der Waals surface area contributed by atoms with E-state index in [1.54, 1.807) is 6.07 Å². The van der Waals surface area contributed by atoms with Gasteiger partial charge in [0.15, 0.2) is 0 Å². The summed E-state index contributed by atoms with van der Waals surface area (Å²) in [5.41, 5.74) is 7.74. The number of hydrogen-bond acceptors (Lipinski definition) is 2. The maximum atomic E-state index is 14.0. The summed E-state index contributed by atoms with van der Waals surface area (Å²) in [5.74, 6) is -0.132. The molecule has 1 aliphatic heterocycles. The fourth-order valence-corrected chi connectivity index (χ4v) is 2.88. The number of benzene rings is 1. The number of hydrogen-bond donors (Lipinski definition) is 1. The third kappa shape index (κ3) is 2.51. The van der Waals surface area contributed by atoms with Crippen LogP contribution in [0.5, 0.6) is 0 Å². The van der Waals surface area contributed by atoms with Gasteiger partial charge < -0.3 is 10.6 Å². The fraction of sp³-hybridized carbons (Fsp3) is 0.600. The second kappa shape index (κ2) is 4.88. The van der Waals surface area contributed by atoms with E-state index in [0.717, 1.165) is 24.2 Å². The second-order valence-corrected chi connectivity index (χ2v) is 5.99. The van der Waals surface area contributed by atoms with E-state index in [2.05, 4.69) is 18.7 Å². The number of nitrogens with two attached hydrogens (primary N) is 1. The highest BCUT2D eigenvalue weighted by Gasteiger charge is 2.33. The van der Waals surface area contributed by atoms with Gasteiger partial charge in [-0.05, 0) is 52.2 Å². The largest absolute Gasteiger partial charge is 0.366 e. The van der Waals surface area contributed by atoms with Gasteiger partial charge in [0, 0.05) is 29.4 Å². The Labute approximate surface area is 109 Å². The van der Waals surface area contributed by atoms with Crippen molar-refractivity contribution in [2.75, 3.05) is 11.4 Å². The first-order valence-electron chi connectivity index (χ1n) is 6.72. The molecule has 0 saturated carbocycles. The molecular weight excluding hydrogens is 227 g/mol. The van der Waals surface area contributed by atoms with Crippen molar-refractivity contribution in [3.63, 3.8) is 0 Å². The van der Waals surface area contributed by atoms with Crippen LogP contribution in [0.1, 0.15) is 39.2 Å². The predicted molar refractivity (Wildman–Crippen MR) is 74.4 cm³/mol. The summed E-state index contributed by atoms with van der Waals surface area (Å²) in [4.78, 5) is 2.33. The van der Waals surface area contributed by atoms with Crippen molar-refractivity contribution in [2.45, 2.75) is 51.6 Å². The van der Waals surface area contributed by atoms with Gasteiger partial charge >= 0.3 is 0 Å². The van der Waals surface area contributed by atoms with E-state index >= 15 is 0 Å². The zero-order valence-electron chi connectivity index (χ0n) is 11.5. The predicted octanol–water partition coefficient (Wildman–Crippen LogP) is 3.09. The van der Waals surface area contributed by atoms with Crippen LogP contribution in [0.2, 0.25) is 0 Å². The Kier molecular flexibility index (Phi) is 3.62. The molecule has 1 fully saturated rings. The van der Waals surface area contributed by atoms with Gasteiger partial charge in [-0.3, -0.25) is 0 Å². The van der Waals surface area contributed by atoms with Crippen LogP contribution in [0.25, 0.3) is 0 Å². The standard InChI is InChI=1S/C15H23FN2/c1-11(17)10-12-13(16)6-4-7-14(12)18-9-5-8-15(18,2)3/h4,6-7,11H,5,8-10,17H2,1-3H3. The van der Waals surface area contributed by atoms with Crippen LogP contribution in [0, 0.1) is 5.82 Å². The molecular formula is C15H23FN2. The fourth-order valence-electron chi connectivity index (χ4n) is 2.88. The van der Waals surface area contributed by atoms with Crippen molar-refractivity contribution in [2.24, 2.45) is 5.73 Å². The summed E-state index contributed by atoms with van der Waals surface area (Å²) < 4.78 is 14.0. The van der Waals surface area contributed by atoms with Crippen LogP contribution >= 0.6 is 0 Å². The van der Waals surface area contributed by atoms with Gasteiger partial charge in [0.25, 0.3) is 0 Å². The molecule has 0 bridgehead atoms. The molecule has 1 aromatic rings. The lowest BCUT2D eigenvalue weighted by atomic mass is 9.98. The summed E-state index contributed by atoms with van der Waals surface area (Å²) >= 11 is 0. The van der Waals surface area contributed by atoms with E-state index in [1.165, 1.54) is 12.5 Å². The van der Waals surface area contributed by atoms with Crippen molar-refractivity contribution in [1.29, 1.82) is 0 Å². The number of nitrogens with zero attached hydrogens (tertiary/aromatic N) is 1. The summed E-state index contributed by atoms with van der Waals surface area (Å²) in [7, 11) is 0. The highest BCUT2D eigenvalue weighted by Crippen LogP contribution is 2.36. The topological polar surface area (TPSA) is 29.3 Å². The molecule has 100 valence electrons. The van der Waals surface area contributed by atoms with E-state index in [1.807, 2.05) is 13.0 Å². The molecule has 0 aliphatic carbocycles. The van der Waals surface area contributed by atoms with Gasteiger partial charge in [-0.1, -0.05) is 6.07 Å². The Bertz CT molecular complexity index is 427. The lowest BCUT2D eigenvalue weighted by Gasteiger charge is -2.35. The van der Waals surface area contributed by atoms with Gasteiger partial charge in [0.1, 0.15) is 5.82 Å². The van der Waals surface area contributed by atoms with Crippen LogP contribution in [0.3, 0.4) is 0 Å². The third-order valence-electron chi connectivity index (χ3n) is 3.81. The Morgan fingerprint density at radius 2 is 2.17 bits per heavy atom. The van der Waals surface area contributed by atoms with Gasteiger partial charge in [-0.25, -0.2) is 4.39 Å². The Morgan fingerprint density at radius 3 is 2.72 bits per heavy atom. The lowest BCUT2D eigenvalue weighted by Crippen LogP contribution is -2.39. The first-order valence-corrected chi connectivity index (χ1v) is 6.72. The molecule has 2 nitrogen and oxygen atoms in total. The van der Waals surface area contributed by atoms with Gasteiger partial charge in [0.2, 0.25) is 0 Å².